The van der Waals surface area contributed by atoms with Crippen molar-refractivity contribution in [3.05, 3.63) is 60.2 Å². The van der Waals surface area contributed by atoms with Gasteiger partial charge in [-0.3, -0.25) is 0 Å². The van der Waals surface area contributed by atoms with Crippen LogP contribution in [0.15, 0.2) is 69.8 Å². The smallest absolute Gasteiger partial charge is 0.216 e. The van der Waals surface area contributed by atoms with E-state index in [0.717, 1.165) is 22.8 Å². The minimum atomic E-state index is 0.117. The number of hydrogen-bond acceptors (Lipinski definition) is 4. The molecule has 0 amide bonds. The molecule has 118 valence electrons. The average Bonchev–Trinajstić information content (AvgIpc) is 3.05. The van der Waals surface area contributed by atoms with E-state index in [-0.39, 0.29) is 11.5 Å². The van der Waals surface area contributed by atoms with Crippen LogP contribution >= 0.6 is 0 Å². The highest BCUT2D eigenvalue weighted by atomic mass is 16.5. The predicted octanol–water partition coefficient (Wildman–Crippen LogP) is 5.29. The van der Waals surface area contributed by atoms with Crippen molar-refractivity contribution in [1.82, 2.24) is 0 Å². The van der Waals surface area contributed by atoms with Crippen molar-refractivity contribution in [2.45, 2.75) is 26.8 Å². The first-order valence-corrected chi connectivity index (χ1v) is 7.80. The van der Waals surface area contributed by atoms with Crippen LogP contribution in [0.25, 0.3) is 0 Å². The fourth-order valence-electron chi connectivity index (χ4n) is 2.26. The normalized spacial score (nSPS) is 18.0. The maximum atomic E-state index is 5.74. The summed E-state index contributed by atoms with van der Waals surface area (Å²) < 4.78 is 5.74. The average molecular weight is 307 g/mol. The van der Waals surface area contributed by atoms with Gasteiger partial charge in [0.05, 0.1) is 17.4 Å². The quantitative estimate of drug-likeness (QED) is 0.710. The summed E-state index contributed by atoms with van der Waals surface area (Å²) in [4.78, 5) is 4.69. The van der Waals surface area contributed by atoms with E-state index in [1.807, 2.05) is 54.6 Å². The molecule has 2 aromatic rings. The summed E-state index contributed by atoms with van der Waals surface area (Å²) in [6.45, 7) is 7.19. The maximum absolute atomic E-state index is 5.74. The molecule has 0 radical (unpaired) electrons. The van der Waals surface area contributed by atoms with Gasteiger partial charge in [-0.2, -0.15) is 10.2 Å². The predicted molar refractivity (Wildman–Crippen MR) is 92.8 cm³/mol. The Morgan fingerprint density at radius 2 is 1.52 bits per heavy atom. The third-order valence-electron chi connectivity index (χ3n) is 3.80. The molecule has 1 aliphatic heterocycles. The summed E-state index contributed by atoms with van der Waals surface area (Å²) in [6, 6.07) is 17.7. The van der Waals surface area contributed by atoms with E-state index < -0.39 is 0 Å². The lowest BCUT2D eigenvalue weighted by Crippen LogP contribution is -2.25. The van der Waals surface area contributed by atoms with Crippen molar-refractivity contribution < 1.29 is 4.74 Å². The Morgan fingerprint density at radius 3 is 2.09 bits per heavy atom. The highest BCUT2D eigenvalue weighted by molar-refractivity contribution is 5.95. The molecule has 1 aliphatic rings. The minimum absolute atomic E-state index is 0.117. The molecular weight excluding hydrogens is 286 g/mol. The summed E-state index contributed by atoms with van der Waals surface area (Å²) in [5.41, 5.74) is 2.75. The zero-order valence-electron chi connectivity index (χ0n) is 13.7. The fraction of sp³-hybridized carbons (Fsp3) is 0.316. The minimum Gasteiger partial charge on any atom is -0.475 e. The number of nitrogens with zero attached hydrogens (tertiary/aromatic N) is 3. The van der Waals surface area contributed by atoms with Gasteiger partial charge in [0.15, 0.2) is 0 Å². The molecule has 4 nitrogen and oxygen atoms in total. The second kappa shape index (κ2) is 6.32. The third-order valence-corrected chi connectivity index (χ3v) is 3.80. The third kappa shape index (κ3) is 3.83. The van der Waals surface area contributed by atoms with Crippen molar-refractivity contribution in [3.8, 4) is 0 Å². The fourth-order valence-corrected chi connectivity index (χ4v) is 2.26. The van der Waals surface area contributed by atoms with E-state index in [1.54, 1.807) is 0 Å². The van der Waals surface area contributed by atoms with Crippen molar-refractivity contribution in [3.63, 3.8) is 0 Å². The summed E-state index contributed by atoms with van der Waals surface area (Å²) in [7, 11) is 0. The maximum Gasteiger partial charge on any atom is 0.216 e. The molecule has 0 unspecified atom stereocenters. The molecule has 1 heterocycles. The van der Waals surface area contributed by atoms with Crippen molar-refractivity contribution in [1.29, 1.82) is 0 Å². The highest BCUT2D eigenvalue weighted by Gasteiger charge is 2.30. The molecule has 0 bridgehead atoms. The lowest BCUT2D eigenvalue weighted by atomic mass is 9.88. The Hall–Kier alpha value is -2.49. The van der Waals surface area contributed by atoms with E-state index in [0.29, 0.717) is 6.61 Å². The number of azo groups is 1. The Bertz CT molecular complexity index is 713. The summed E-state index contributed by atoms with van der Waals surface area (Å²) in [6.07, 6.45) is 0. The lowest BCUT2D eigenvalue weighted by Gasteiger charge is -2.21. The summed E-state index contributed by atoms with van der Waals surface area (Å²) in [5, 5.41) is 8.45. The van der Waals surface area contributed by atoms with Gasteiger partial charge in [0, 0.05) is 5.56 Å². The molecule has 0 N–H and O–H groups in total. The Labute approximate surface area is 136 Å². The van der Waals surface area contributed by atoms with Crippen molar-refractivity contribution in [2.75, 3.05) is 6.61 Å². The molecule has 0 saturated heterocycles. The Kier molecular flexibility index (Phi) is 4.24. The topological polar surface area (TPSA) is 46.3 Å². The van der Waals surface area contributed by atoms with Gasteiger partial charge in [-0.15, -0.1) is 0 Å². The Morgan fingerprint density at radius 1 is 0.913 bits per heavy atom. The van der Waals surface area contributed by atoms with Gasteiger partial charge in [-0.1, -0.05) is 39.0 Å². The van der Waals surface area contributed by atoms with Crippen LogP contribution in [-0.2, 0) is 4.74 Å². The van der Waals surface area contributed by atoms with Crippen LogP contribution in [0.5, 0.6) is 0 Å². The first-order chi connectivity index (χ1) is 11.0. The standard InChI is InChI=1S/C19H21N3O/c1-19(2,3)17-13-23-18(20-17)14-9-11-16(12-10-14)22-21-15-7-5-4-6-8-15/h4-12,17H,13H2,1-3H3/t17-/m1/s1. The van der Waals surface area contributed by atoms with Gasteiger partial charge < -0.3 is 4.74 Å². The molecule has 0 aromatic heterocycles. The van der Waals surface area contributed by atoms with Crippen LogP contribution in [-0.4, -0.2) is 18.5 Å². The van der Waals surface area contributed by atoms with Crippen LogP contribution in [0.1, 0.15) is 26.3 Å². The van der Waals surface area contributed by atoms with Crippen LogP contribution in [0, 0.1) is 5.41 Å². The molecule has 2 aromatic carbocycles. The lowest BCUT2D eigenvalue weighted by molar-refractivity contribution is 0.236. The van der Waals surface area contributed by atoms with Crippen LogP contribution in [0.3, 0.4) is 0 Å². The summed E-state index contributed by atoms with van der Waals surface area (Å²) >= 11 is 0. The number of aliphatic imine (C=N–C) groups is 1. The van der Waals surface area contributed by atoms with Gasteiger partial charge in [0.25, 0.3) is 0 Å². The van der Waals surface area contributed by atoms with Gasteiger partial charge in [0.2, 0.25) is 5.90 Å². The highest BCUT2D eigenvalue weighted by Crippen LogP contribution is 2.28. The number of rotatable bonds is 3. The van der Waals surface area contributed by atoms with E-state index in [4.69, 9.17) is 9.73 Å². The molecule has 4 heteroatoms. The number of hydrogen-bond donors (Lipinski definition) is 0. The largest absolute Gasteiger partial charge is 0.475 e. The molecular formula is C19H21N3O. The molecule has 0 spiro atoms. The Balaban J connectivity index is 1.72. The second-order valence-electron chi connectivity index (χ2n) is 6.71. The zero-order valence-corrected chi connectivity index (χ0v) is 13.7. The SMILES string of the molecule is CC(C)(C)[C@H]1COC(c2ccc(N=Nc3ccccc3)cc2)=N1. The second-order valence-corrected chi connectivity index (χ2v) is 6.71. The molecule has 1 atom stereocenters. The van der Waals surface area contributed by atoms with E-state index in [2.05, 4.69) is 31.0 Å². The molecule has 23 heavy (non-hydrogen) atoms. The van der Waals surface area contributed by atoms with Gasteiger partial charge in [0.1, 0.15) is 6.61 Å². The van der Waals surface area contributed by atoms with Gasteiger partial charge in [-0.25, -0.2) is 4.99 Å². The first-order valence-electron chi connectivity index (χ1n) is 7.80. The molecule has 0 aliphatic carbocycles. The van der Waals surface area contributed by atoms with Gasteiger partial charge >= 0.3 is 0 Å². The zero-order chi connectivity index (χ0) is 16.3. The van der Waals surface area contributed by atoms with Crippen molar-refractivity contribution in [2.24, 2.45) is 20.6 Å². The summed E-state index contributed by atoms with van der Waals surface area (Å²) in [5.74, 6) is 0.719. The van der Waals surface area contributed by atoms with Crippen LogP contribution < -0.4 is 0 Å². The molecule has 0 fully saturated rings. The van der Waals surface area contributed by atoms with E-state index in [1.165, 1.54) is 0 Å². The molecule has 0 saturated carbocycles. The van der Waals surface area contributed by atoms with Gasteiger partial charge in [-0.05, 0) is 41.8 Å². The van der Waals surface area contributed by atoms with E-state index in [9.17, 15) is 0 Å². The van der Waals surface area contributed by atoms with E-state index >= 15 is 0 Å². The van der Waals surface area contributed by atoms with Crippen molar-refractivity contribution >= 4 is 17.3 Å². The monoisotopic (exact) mass is 307 g/mol. The number of benzene rings is 2. The molecule has 3 rings (SSSR count). The number of ether oxygens (including phenoxy) is 1. The first kappa shape index (κ1) is 15.4. The van der Waals surface area contributed by atoms with Crippen LogP contribution in [0.2, 0.25) is 0 Å². The van der Waals surface area contributed by atoms with Crippen LogP contribution in [0.4, 0.5) is 11.4 Å².